The van der Waals surface area contributed by atoms with Gasteiger partial charge in [-0.25, -0.2) is 4.98 Å². The molecule has 24 heavy (non-hydrogen) atoms. The van der Waals surface area contributed by atoms with Crippen LogP contribution in [0, 0.1) is 6.92 Å². The monoisotopic (exact) mass is 320 g/mol. The predicted octanol–water partition coefficient (Wildman–Crippen LogP) is 3.78. The van der Waals surface area contributed by atoms with E-state index in [0.717, 1.165) is 35.6 Å². The average Bonchev–Trinajstić information content (AvgIpc) is 3.21. The van der Waals surface area contributed by atoms with Crippen LogP contribution >= 0.6 is 0 Å². The molecule has 3 aromatic rings. The highest BCUT2D eigenvalue weighted by Crippen LogP contribution is 2.30. The number of carbonyl (C=O) groups excluding carboxylic acids is 1. The largest absolute Gasteiger partial charge is 0.367 e. The lowest BCUT2D eigenvalue weighted by atomic mass is 10.1. The number of rotatable bonds is 3. The predicted molar refractivity (Wildman–Crippen MR) is 94.1 cm³/mol. The summed E-state index contributed by atoms with van der Waals surface area (Å²) in [6.45, 7) is 2.91. The fraction of sp³-hybridized carbons (Fsp3) is 0.263. The van der Waals surface area contributed by atoms with Gasteiger partial charge < -0.3 is 14.9 Å². The molecule has 1 aliphatic rings. The molecule has 0 atom stereocenters. The van der Waals surface area contributed by atoms with Crippen molar-refractivity contribution in [2.45, 2.75) is 32.7 Å². The number of hydrogen-bond donors (Lipinski definition) is 2. The molecule has 0 unspecified atom stereocenters. The van der Waals surface area contributed by atoms with E-state index in [1.54, 1.807) is 6.20 Å². The van der Waals surface area contributed by atoms with Gasteiger partial charge in [-0.3, -0.25) is 4.79 Å². The van der Waals surface area contributed by atoms with Gasteiger partial charge in [-0.2, -0.15) is 0 Å². The second-order valence-electron chi connectivity index (χ2n) is 6.23. The van der Waals surface area contributed by atoms with Crippen molar-refractivity contribution in [3.05, 3.63) is 59.7 Å². The maximum Gasteiger partial charge on any atom is 0.257 e. The van der Waals surface area contributed by atoms with Crippen LogP contribution < -0.4 is 5.32 Å². The van der Waals surface area contributed by atoms with E-state index < -0.39 is 0 Å². The summed E-state index contributed by atoms with van der Waals surface area (Å²) in [5.41, 5.74) is 4.63. The van der Waals surface area contributed by atoms with Crippen molar-refractivity contribution in [2.24, 2.45) is 0 Å². The minimum atomic E-state index is -0.105. The van der Waals surface area contributed by atoms with E-state index in [2.05, 4.69) is 19.9 Å². The van der Waals surface area contributed by atoms with Crippen molar-refractivity contribution in [3.63, 3.8) is 0 Å². The van der Waals surface area contributed by atoms with Crippen molar-refractivity contribution in [3.8, 4) is 11.4 Å². The van der Waals surface area contributed by atoms with Crippen LogP contribution in [0.3, 0.4) is 0 Å². The van der Waals surface area contributed by atoms with Gasteiger partial charge in [-0.15, -0.1) is 0 Å². The van der Waals surface area contributed by atoms with Crippen molar-refractivity contribution < 1.29 is 4.79 Å². The Morgan fingerprint density at radius 3 is 2.96 bits per heavy atom. The smallest absolute Gasteiger partial charge is 0.257 e. The number of carbonyl (C=O) groups is 1. The van der Waals surface area contributed by atoms with Gasteiger partial charge in [0.1, 0.15) is 5.82 Å². The summed E-state index contributed by atoms with van der Waals surface area (Å²) in [6.07, 6.45) is 8.98. The Hall–Kier alpha value is -2.82. The lowest BCUT2D eigenvalue weighted by Crippen LogP contribution is -2.14. The Balaban J connectivity index is 1.70. The standard InChI is InChI=1S/C19H20N4O/c1-13-10-20-12-16(13)19(24)22-17-8-3-2-7-15(17)18-21-11-14-6-4-5-9-23(14)18/h2-3,7-8,10-12,20H,4-6,9H2,1H3,(H,22,24). The molecule has 122 valence electrons. The summed E-state index contributed by atoms with van der Waals surface area (Å²) >= 11 is 0. The molecule has 2 aromatic heterocycles. The maximum absolute atomic E-state index is 12.5. The summed E-state index contributed by atoms with van der Waals surface area (Å²) in [5.74, 6) is 0.831. The fourth-order valence-electron chi connectivity index (χ4n) is 3.31. The van der Waals surface area contributed by atoms with Crippen molar-refractivity contribution in [1.82, 2.24) is 14.5 Å². The second kappa shape index (κ2) is 6.00. The summed E-state index contributed by atoms with van der Waals surface area (Å²) in [6, 6.07) is 7.86. The zero-order valence-corrected chi connectivity index (χ0v) is 13.7. The number of aryl methyl sites for hydroxylation is 2. The third-order valence-corrected chi connectivity index (χ3v) is 4.62. The van der Waals surface area contributed by atoms with Crippen molar-refractivity contribution in [2.75, 3.05) is 5.32 Å². The summed E-state index contributed by atoms with van der Waals surface area (Å²) < 4.78 is 2.27. The van der Waals surface area contributed by atoms with Gasteiger partial charge in [-0.05, 0) is 43.9 Å². The van der Waals surface area contributed by atoms with E-state index in [1.165, 1.54) is 18.5 Å². The molecule has 0 aliphatic carbocycles. The maximum atomic E-state index is 12.5. The van der Waals surface area contributed by atoms with Gasteiger partial charge in [0.2, 0.25) is 0 Å². The van der Waals surface area contributed by atoms with E-state index in [-0.39, 0.29) is 5.91 Å². The lowest BCUT2D eigenvalue weighted by Gasteiger charge is -2.18. The van der Waals surface area contributed by atoms with E-state index in [9.17, 15) is 4.79 Å². The first-order valence-electron chi connectivity index (χ1n) is 8.32. The molecule has 0 saturated heterocycles. The van der Waals surface area contributed by atoms with Crippen molar-refractivity contribution in [1.29, 1.82) is 0 Å². The molecule has 0 spiro atoms. The number of anilines is 1. The minimum absolute atomic E-state index is 0.105. The molecule has 5 nitrogen and oxygen atoms in total. The number of amides is 1. The third kappa shape index (κ3) is 2.52. The first kappa shape index (κ1) is 14.8. The van der Waals surface area contributed by atoms with Gasteiger partial charge in [0, 0.05) is 36.4 Å². The highest BCUT2D eigenvalue weighted by molar-refractivity contribution is 6.06. The molecule has 0 fully saturated rings. The van der Waals surface area contributed by atoms with E-state index in [1.807, 2.05) is 43.6 Å². The van der Waals surface area contributed by atoms with Gasteiger partial charge in [0.25, 0.3) is 5.91 Å². The van der Waals surface area contributed by atoms with Crippen LogP contribution in [0.1, 0.15) is 34.5 Å². The van der Waals surface area contributed by atoms with E-state index in [4.69, 9.17) is 0 Å². The SMILES string of the molecule is Cc1c[nH]cc1C(=O)Nc1ccccc1-c1ncc2n1CCCC2. The summed E-state index contributed by atoms with van der Waals surface area (Å²) in [5, 5.41) is 3.04. The molecule has 0 bridgehead atoms. The quantitative estimate of drug-likeness (QED) is 0.771. The molecule has 1 aliphatic heterocycles. The van der Waals surface area contributed by atoms with Crippen LogP contribution in [0.5, 0.6) is 0 Å². The molecule has 2 N–H and O–H groups in total. The van der Waals surface area contributed by atoms with E-state index in [0.29, 0.717) is 5.56 Å². The molecule has 1 amide bonds. The first-order valence-corrected chi connectivity index (χ1v) is 8.32. The van der Waals surface area contributed by atoms with E-state index >= 15 is 0 Å². The Morgan fingerprint density at radius 1 is 1.25 bits per heavy atom. The van der Waals surface area contributed by atoms with Crippen molar-refractivity contribution >= 4 is 11.6 Å². The second-order valence-corrected chi connectivity index (χ2v) is 6.23. The number of fused-ring (bicyclic) bond motifs is 1. The zero-order chi connectivity index (χ0) is 16.5. The molecule has 0 radical (unpaired) electrons. The first-order chi connectivity index (χ1) is 11.7. The highest BCUT2D eigenvalue weighted by atomic mass is 16.1. The molecule has 0 saturated carbocycles. The lowest BCUT2D eigenvalue weighted by molar-refractivity contribution is 0.102. The Bertz CT molecular complexity index is 890. The number of benzene rings is 1. The number of imidazole rings is 1. The zero-order valence-electron chi connectivity index (χ0n) is 13.7. The molecule has 5 heteroatoms. The molecule has 3 heterocycles. The molecule has 4 rings (SSSR count). The molecule has 1 aromatic carbocycles. The van der Waals surface area contributed by atoms with Crippen LogP contribution in [0.2, 0.25) is 0 Å². The van der Waals surface area contributed by atoms with Gasteiger partial charge in [0.15, 0.2) is 0 Å². The number of nitrogens with one attached hydrogen (secondary N) is 2. The average molecular weight is 320 g/mol. The highest BCUT2D eigenvalue weighted by Gasteiger charge is 2.19. The number of aromatic amines is 1. The van der Waals surface area contributed by atoms with Crippen LogP contribution in [-0.4, -0.2) is 20.4 Å². The van der Waals surface area contributed by atoms with Gasteiger partial charge >= 0.3 is 0 Å². The Kier molecular flexibility index (Phi) is 3.69. The summed E-state index contributed by atoms with van der Waals surface area (Å²) in [7, 11) is 0. The minimum Gasteiger partial charge on any atom is -0.367 e. The van der Waals surface area contributed by atoms with Gasteiger partial charge in [-0.1, -0.05) is 12.1 Å². The number of hydrogen-bond acceptors (Lipinski definition) is 2. The fourth-order valence-corrected chi connectivity index (χ4v) is 3.31. The van der Waals surface area contributed by atoms with Crippen LogP contribution in [-0.2, 0) is 13.0 Å². The van der Waals surface area contributed by atoms with Crippen LogP contribution in [0.4, 0.5) is 5.69 Å². The van der Waals surface area contributed by atoms with Gasteiger partial charge in [0.05, 0.1) is 11.3 Å². The molecular formula is C19H20N4O. The summed E-state index contributed by atoms with van der Waals surface area (Å²) in [4.78, 5) is 20.1. The van der Waals surface area contributed by atoms with Crippen LogP contribution in [0.15, 0.2) is 42.9 Å². The normalized spacial score (nSPS) is 13.5. The third-order valence-electron chi connectivity index (χ3n) is 4.62. The van der Waals surface area contributed by atoms with Crippen LogP contribution in [0.25, 0.3) is 11.4 Å². The number of aromatic nitrogens is 3. The number of nitrogens with zero attached hydrogens (tertiary/aromatic N) is 2. The Labute approximate surface area is 140 Å². The Morgan fingerprint density at radius 2 is 2.12 bits per heavy atom. The number of para-hydroxylation sites is 1. The topological polar surface area (TPSA) is 62.7 Å². The number of H-pyrrole nitrogens is 1. The molecular weight excluding hydrogens is 300 g/mol.